The fourth-order valence-corrected chi connectivity index (χ4v) is 3.33. The second-order valence-electron chi connectivity index (χ2n) is 6.70. The SMILES string of the molecule is CCc1nn(CC)c(CC(C)(C)CCNC2CC2)c1Br. The zero-order valence-corrected chi connectivity index (χ0v) is 14.9. The Morgan fingerprint density at radius 3 is 2.60 bits per heavy atom. The van der Waals surface area contributed by atoms with E-state index in [1.807, 2.05) is 0 Å². The van der Waals surface area contributed by atoms with Crippen molar-refractivity contribution in [2.45, 2.75) is 72.4 Å². The van der Waals surface area contributed by atoms with Crippen LogP contribution in [0, 0.1) is 5.41 Å². The van der Waals surface area contributed by atoms with Crippen molar-refractivity contribution in [1.29, 1.82) is 0 Å². The van der Waals surface area contributed by atoms with Gasteiger partial charge in [0.05, 0.1) is 15.9 Å². The summed E-state index contributed by atoms with van der Waals surface area (Å²) in [5, 5.41) is 8.33. The van der Waals surface area contributed by atoms with E-state index in [0.29, 0.717) is 5.41 Å². The van der Waals surface area contributed by atoms with Crippen LogP contribution < -0.4 is 5.32 Å². The van der Waals surface area contributed by atoms with Crippen LogP contribution in [0.2, 0.25) is 0 Å². The lowest BCUT2D eigenvalue weighted by Crippen LogP contribution is -2.26. The smallest absolute Gasteiger partial charge is 0.0766 e. The third kappa shape index (κ3) is 4.08. The molecule has 0 amide bonds. The van der Waals surface area contributed by atoms with Crippen LogP contribution >= 0.6 is 15.9 Å². The molecule has 0 radical (unpaired) electrons. The number of halogens is 1. The quantitative estimate of drug-likeness (QED) is 0.776. The van der Waals surface area contributed by atoms with Gasteiger partial charge in [-0.15, -0.1) is 0 Å². The number of aromatic nitrogens is 2. The molecule has 114 valence electrons. The molecule has 0 atom stereocenters. The average molecular weight is 342 g/mol. The molecule has 0 unspecified atom stereocenters. The third-order valence-corrected chi connectivity index (χ3v) is 5.07. The van der Waals surface area contributed by atoms with Gasteiger partial charge in [0, 0.05) is 12.6 Å². The van der Waals surface area contributed by atoms with Crippen molar-refractivity contribution in [1.82, 2.24) is 15.1 Å². The third-order valence-electron chi connectivity index (χ3n) is 4.15. The highest BCUT2D eigenvalue weighted by Crippen LogP contribution is 2.31. The van der Waals surface area contributed by atoms with Crippen LogP contribution in [-0.2, 0) is 19.4 Å². The van der Waals surface area contributed by atoms with Crippen molar-refractivity contribution in [3.05, 3.63) is 15.9 Å². The molecule has 0 spiro atoms. The maximum absolute atomic E-state index is 4.70. The fraction of sp³-hybridized carbons (Fsp3) is 0.812. The van der Waals surface area contributed by atoms with E-state index >= 15 is 0 Å². The van der Waals surface area contributed by atoms with Gasteiger partial charge in [0.1, 0.15) is 0 Å². The van der Waals surface area contributed by atoms with Crippen molar-refractivity contribution in [2.75, 3.05) is 6.54 Å². The molecule has 1 aromatic heterocycles. The fourth-order valence-electron chi connectivity index (χ4n) is 2.63. The predicted molar refractivity (Wildman–Crippen MR) is 88.1 cm³/mol. The van der Waals surface area contributed by atoms with Gasteiger partial charge in [-0.3, -0.25) is 4.68 Å². The zero-order valence-electron chi connectivity index (χ0n) is 13.3. The molecule has 1 aromatic rings. The summed E-state index contributed by atoms with van der Waals surface area (Å²) < 4.78 is 3.39. The van der Waals surface area contributed by atoms with Crippen molar-refractivity contribution >= 4 is 15.9 Å². The summed E-state index contributed by atoms with van der Waals surface area (Å²) in [7, 11) is 0. The Morgan fingerprint density at radius 2 is 2.05 bits per heavy atom. The highest BCUT2D eigenvalue weighted by Gasteiger charge is 2.26. The van der Waals surface area contributed by atoms with Gasteiger partial charge in [0.25, 0.3) is 0 Å². The van der Waals surface area contributed by atoms with Crippen LogP contribution in [0.15, 0.2) is 4.47 Å². The molecule has 1 N–H and O–H groups in total. The Bertz CT molecular complexity index is 447. The highest BCUT2D eigenvalue weighted by molar-refractivity contribution is 9.10. The molecule has 2 rings (SSSR count). The van der Waals surface area contributed by atoms with Gasteiger partial charge in [0.2, 0.25) is 0 Å². The minimum Gasteiger partial charge on any atom is -0.314 e. The average Bonchev–Trinajstić information content (AvgIpc) is 3.16. The van der Waals surface area contributed by atoms with Crippen LogP contribution in [0.25, 0.3) is 0 Å². The molecular formula is C16H28BrN3. The molecule has 1 saturated carbocycles. The van der Waals surface area contributed by atoms with Crippen LogP contribution in [0.3, 0.4) is 0 Å². The van der Waals surface area contributed by atoms with Crippen molar-refractivity contribution in [3.63, 3.8) is 0 Å². The first kappa shape index (κ1) is 16.0. The molecule has 0 aliphatic heterocycles. The van der Waals surface area contributed by atoms with E-state index in [2.05, 4.69) is 53.6 Å². The summed E-state index contributed by atoms with van der Waals surface area (Å²) >= 11 is 3.76. The molecule has 0 aromatic carbocycles. The summed E-state index contributed by atoms with van der Waals surface area (Å²) in [5.74, 6) is 0. The van der Waals surface area contributed by atoms with Gasteiger partial charge < -0.3 is 5.32 Å². The second kappa shape index (κ2) is 6.61. The molecule has 20 heavy (non-hydrogen) atoms. The minimum absolute atomic E-state index is 0.308. The molecule has 4 heteroatoms. The van der Waals surface area contributed by atoms with E-state index in [1.54, 1.807) is 0 Å². The highest BCUT2D eigenvalue weighted by atomic mass is 79.9. The first-order chi connectivity index (χ1) is 9.46. The zero-order chi connectivity index (χ0) is 14.8. The van der Waals surface area contributed by atoms with E-state index in [0.717, 1.165) is 32.0 Å². The lowest BCUT2D eigenvalue weighted by atomic mass is 9.84. The molecule has 1 fully saturated rings. The van der Waals surface area contributed by atoms with Crippen LogP contribution in [-0.4, -0.2) is 22.4 Å². The summed E-state index contributed by atoms with van der Waals surface area (Å²) in [4.78, 5) is 0. The molecule has 0 bridgehead atoms. The van der Waals surface area contributed by atoms with Gasteiger partial charge in [-0.2, -0.15) is 5.10 Å². The number of nitrogens with one attached hydrogen (secondary N) is 1. The summed E-state index contributed by atoms with van der Waals surface area (Å²) in [6.07, 6.45) is 6.03. The Hall–Kier alpha value is -0.350. The van der Waals surface area contributed by atoms with Crippen molar-refractivity contribution in [2.24, 2.45) is 5.41 Å². The Kier molecular flexibility index (Phi) is 5.30. The van der Waals surface area contributed by atoms with Crippen LogP contribution in [0.4, 0.5) is 0 Å². The monoisotopic (exact) mass is 341 g/mol. The van der Waals surface area contributed by atoms with Crippen molar-refractivity contribution in [3.8, 4) is 0 Å². The number of rotatable bonds is 8. The lowest BCUT2D eigenvalue weighted by molar-refractivity contribution is 0.315. The molecule has 0 saturated heterocycles. The van der Waals surface area contributed by atoms with Gasteiger partial charge in [-0.25, -0.2) is 0 Å². The van der Waals surface area contributed by atoms with E-state index in [9.17, 15) is 0 Å². The van der Waals surface area contributed by atoms with Crippen LogP contribution in [0.5, 0.6) is 0 Å². The summed E-state index contributed by atoms with van der Waals surface area (Å²) in [5.41, 5.74) is 2.86. The second-order valence-corrected chi connectivity index (χ2v) is 7.49. The predicted octanol–water partition coefficient (Wildman–Crippen LogP) is 3.94. The number of nitrogens with zero attached hydrogens (tertiary/aromatic N) is 2. The van der Waals surface area contributed by atoms with Crippen LogP contribution in [0.1, 0.15) is 58.3 Å². The van der Waals surface area contributed by atoms with Gasteiger partial charge in [-0.1, -0.05) is 20.8 Å². The van der Waals surface area contributed by atoms with Crippen molar-refractivity contribution < 1.29 is 0 Å². The number of hydrogen-bond donors (Lipinski definition) is 1. The maximum Gasteiger partial charge on any atom is 0.0766 e. The lowest BCUT2D eigenvalue weighted by Gasteiger charge is -2.25. The number of aryl methyl sites for hydroxylation is 2. The molecule has 1 aliphatic rings. The van der Waals surface area contributed by atoms with E-state index < -0.39 is 0 Å². The van der Waals surface area contributed by atoms with E-state index in [1.165, 1.54) is 35.1 Å². The molecule has 1 aliphatic carbocycles. The molecule has 1 heterocycles. The van der Waals surface area contributed by atoms with Gasteiger partial charge in [0.15, 0.2) is 0 Å². The Morgan fingerprint density at radius 1 is 1.35 bits per heavy atom. The summed E-state index contributed by atoms with van der Waals surface area (Å²) in [6.45, 7) is 11.2. The first-order valence-corrected chi connectivity index (χ1v) is 8.73. The topological polar surface area (TPSA) is 29.9 Å². The van der Waals surface area contributed by atoms with Gasteiger partial charge in [-0.05, 0) is 66.9 Å². The van der Waals surface area contributed by atoms with Gasteiger partial charge >= 0.3 is 0 Å². The first-order valence-electron chi connectivity index (χ1n) is 7.94. The minimum atomic E-state index is 0.308. The van der Waals surface area contributed by atoms with E-state index in [4.69, 9.17) is 5.10 Å². The number of hydrogen-bond acceptors (Lipinski definition) is 2. The molecular weight excluding hydrogens is 314 g/mol. The van der Waals surface area contributed by atoms with E-state index in [-0.39, 0.29) is 0 Å². The normalized spacial score (nSPS) is 15.8. The Balaban J connectivity index is 2.00. The maximum atomic E-state index is 4.70. The Labute approximate surface area is 131 Å². The standard InChI is InChI=1S/C16H28BrN3/c1-5-13-15(17)14(20(6-2)19-13)11-16(3,4)9-10-18-12-7-8-12/h12,18H,5-11H2,1-4H3. The summed E-state index contributed by atoms with van der Waals surface area (Å²) in [6, 6.07) is 0.811. The largest absolute Gasteiger partial charge is 0.314 e. The molecule has 3 nitrogen and oxygen atoms in total.